The van der Waals surface area contributed by atoms with Gasteiger partial charge >= 0.3 is 0 Å². The number of hydrogen-bond acceptors (Lipinski definition) is 1. The SMILES string of the molecule is Cc1ccc(C2CCCN(CCl)C2)cc1. The molecular formula is C13H18ClN. The summed E-state index contributed by atoms with van der Waals surface area (Å²) in [6, 6.07) is 9.60. The van der Waals surface area contributed by atoms with Crippen LogP contribution in [0.1, 0.15) is 29.9 Å². The Morgan fingerprint density at radius 1 is 1.33 bits per heavy atom. The Hall–Kier alpha value is -0.530. The van der Waals surface area contributed by atoms with Crippen LogP contribution in [0, 0.1) is 6.92 Å². The zero-order chi connectivity index (χ0) is 10.7. The standard InChI is InChI=1S/C13H18ClN/c1-11-4-6-12(7-5-11)13-3-2-8-15(9-13)10-14/h4-7,13H,2-3,8-10H2,1H3. The molecule has 1 nitrogen and oxygen atoms in total. The maximum atomic E-state index is 5.88. The first-order valence-corrected chi connectivity index (χ1v) is 6.18. The van der Waals surface area contributed by atoms with E-state index in [1.54, 1.807) is 0 Å². The van der Waals surface area contributed by atoms with Gasteiger partial charge in [-0.15, -0.1) is 11.6 Å². The Kier molecular flexibility index (Phi) is 3.66. The summed E-state index contributed by atoms with van der Waals surface area (Å²) in [4.78, 5) is 2.33. The fourth-order valence-corrected chi connectivity index (χ4v) is 2.49. The molecule has 0 aliphatic carbocycles. The van der Waals surface area contributed by atoms with Gasteiger partial charge < -0.3 is 0 Å². The van der Waals surface area contributed by atoms with Crippen molar-refractivity contribution < 1.29 is 0 Å². The average Bonchev–Trinajstić information content (AvgIpc) is 2.30. The van der Waals surface area contributed by atoms with Crippen molar-refractivity contribution >= 4 is 11.6 Å². The lowest BCUT2D eigenvalue weighted by Gasteiger charge is -2.31. The highest BCUT2D eigenvalue weighted by molar-refractivity contribution is 6.17. The van der Waals surface area contributed by atoms with Gasteiger partial charge in [-0.2, -0.15) is 0 Å². The van der Waals surface area contributed by atoms with Crippen LogP contribution in [-0.2, 0) is 0 Å². The smallest absolute Gasteiger partial charge is 0.0738 e. The molecule has 82 valence electrons. The maximum absolute atomic E-state index is 5.88. The number of halogens is 1. The molecule has 0 saturated carbocycles. The van der Waals surface area contributed by atoms with E-state index in [1.807, 2.05) is 0 Å². The van der Waals surface area contributed by atoms with E-state index in [2.05, 4.69) is 36.1 Å². The van der Waals surface area contributed by atoms with Crippen LogP contribution in [0.3, 0.4) is 0 Å². The van der Waals surface area contributed by atoms with Crippen molar-refractivity contribution in [2.75, 3.05) is 19.1 Å². The second kappa shape index (κ2) is 5.00. The van der Waals surface area contributed by atoms with Gasteiger partial charge in [-0.3, -0.25) is 4.90 Å². The Morgan fingerprint density at radius 2 is 2.07 bits per heavy atom. The fourth-order valence-electron chi connectivity index (χ4n) is 2.27. The van der Waals surface area contributed by atoms with E-state index in [1.165, 1.54) is 24.0 Å². The fraction of sp³-hybridized carbons (Fsp3) is 0.538. The Morgan fingerprint density at radius 3 is 2.73 bits per heavy atom. The lowest BCUT2D eigenvalue weighted by molar-refractivity contribution is 0.239. The molecule has 0 spiro atoms. The molecule has 0 radical (unpaired) electrons. The summed E-state index contributed by atoms with van der Waals surface area (Å²) in [5.74, 6) is 0.679. The quantitative estimate of drug-likeness (QED) is 0.549. The minimum absolute atomic E-state index is 0.669. The van der Waals surface area contributed by atoms with E-state index in [-0.39, 0.29) is 0 Å². The lowest BCUT2D eigenvalue weighted by atomic mass is 9.90. The van der Waals surface area contributed by atoms with Gasteiger partial charge in [-0.05, 0) is 37.8 Å². The van der Waals surface area contributed by atoms with Crippen LogP contribution in [0.5, 0.6) is 0 Å². The molecule has 1 heterocycles. The number of likely N-dealkylation sites (tertiary alicyclic amines) is 1. The summed E-state index contributed by atoms with van der Waals surface area (Å²) in [6.45, 7) is 4.41. The Balaban J connectivity index is 2.06. The van der Waals surface area contributed by atoms with E-state index >= 15 is 0 Å². The Labute approximate surface area is 97.0 Å². The van der Waals surface area contributed by atoms with Crippen molar-refractivity contribution in [3.05, 3.63) is 35.4 Å². The summed E-state index contributed by atoms with van der Waals surface area (Å²) in [5, 5.41) is 0. The molecule has 2 heteroatoms. The number of aryl methyl sites for hydroxylation is 1. The number of rotatable bonds is 2. The van der Waals surface area contributed by atoms with Crippen LogP contribution in [-0.4, -0.2) is 24.0 Å². The van der Waals surface area contributed by atoms with E-state index in [0.29, 0.717) is 11.9 Å². The van der Waals surface area contributed by atoms with Crippen LogP contribution in [0.15, 0.2) is 24.3 Å². The van der Waals surface area contributed by atoms with Crippen molar-refractivity contribution in [2.45, 2.75) is 25.7 Å². The third-order valence-corrected chi connectivity index (χ3v) is 3.56. The maximum Gasteiger partial charge on any atom is 0.0738 e. The molecule has 1 fully saturated rings. The first kappa shape index (κ1) is 11.0. The van der Waals surface area contributed by atoms with E-state index in [9.17, 15) is 0 Å². The largest absolute Gasteiger partial charge is 0.289 e. The van der Waals surface area contributed by atoms with Crippen LogP contribution >= 0.6 is 11.6 Å². The minimum Gasteiger partial charge on any atom is -0.289 e. The number of alkyl halides is 1. The molecule has 1 aromatic carbocycles. The summed E-state index contributed by atoms with van der Waals surface area (Å²) in [5.41, 5.74) is 2.80. The molecule has 1 saturated heterocycles. The molecule has 1 atom stereocenters. The van der Waals surface area contributed by atoms with Crippen LogP contribution in [0.2, 0.25) is 0 Å². The molecular weight excluding hydrogens is 206 g/mol. The number of benzene rings is 1. The minimum atomic E-state index is 0.669. The first-order valence-electron chi connectivity index (χ1n) is 5.64. The van der Waals surface area contributed by atoms with Crippen LogP contribution in [0.4, 0.5) is 0 Å². The number of nitrogens with zero attached hydrogens (tertiary/aromatic N) is 1. The second-order valence-electron chi connectivity index (χ2n) is 4.45. The molecule has 0 bridgehead atoms. The van der Waals surface area contributed by atoms with Gasteiger partial charge in [0.2, 0.25) is 0 Å². The van der Waals surface area contributed by atoms with Crippen LogP contribution in [0.25, 0.3) is 0 Å². The summed E-state index contributed by atoms with van der Waals surface area (Å²) in [6.07, 6.45) is 2.57. The first-order chi connectivity index (χ1) is 7.29. The lowest BCUT2D eigenvalue weighted by Crippen LogP contribution is -2.33. The number of piperidine rings is 1. The molecule has 2 rings (SSSR count). The van der Waals surface area contributed by atoms with Crippen molar-refractivity contribution in [1.29, 1.82) is 0 Å². The third-order valence-electron chi connectivity index (χ3n) is 3.22. The van der Waals surface area contributed by atoms with Crippen LogP contribution < -0.4 is 0 Å². The normalized spacial score (nSPS) is 22.9. The second-order valence-corrected chi connectivity index (χ2v) is 4.69. The highest BCUT2D eigenvalue weighted by atomic mass is 35.5. The predicted molar refractivity (Wildman–Crippen MR) is 65.4 cm³/mol. The molecule has 15 heavy (non-hydrogen) atoms. The summed E-state index contributed by atoms with van der Waals surface area (Å²) in [7, 11) is 0. The monoisotopic (exact) mass is 223 g/mol. The molecule has 1 aliphatic rings. The van der Waals surface area contributed by atoms with Gasteiger partial charge in [0.1, 0.15) is 0 Å². The van der Waals surface area contributed by atoms with E-state index in [4.69, 9.17) is 11.6 Å². The van der Waals surface area contributed by atoms with Crippen molar-refractivity contribution in [2.24, 2.45) is 0 Å². The van der Waals surface area contributed by atoms with Gasteiger partial charge in [0.05, 0.1) is 6.00 Å². The molecule has 0 amide bonds. The molecule has 1 aromatic rings. The summed E-state index contributed by atoms with van der Waals surface area (Å²) < 4.78 is 0. The highest BCUT2D eigenvalue weighted by Gasteiger charge is 2.20. The van der Waals surface area contributed by atoms with E-state index in [0.717, 1.165) is 13.1 Å². The van der Waals surface area contributed by atoms with Gasteiger partial charge in [-0.25, -0.2) is 0 Å². The molecule has 1 unspecified atom stereocenters. The van der Waals surface area contributed by atoms with Crippen molar-refractivity contribution in [1.82, 2.24) is 4.90 Å². The molecule has 1 aliphatic heterocycles. The highest BCUT2D eigenvalue weighted by Crippen LogP contribution is 2.26. The average molecular weight is 224 g/mol. The van der Waals surface area contributed by atoms with Crippen molar-refractivity contribution in [3.63, 3.8) is 0 Å². The topological polar surface area (TPSA) is 3.24 Å². The zero-order valence-corrected chi connectivity index (χ0v) is 10.0. The Bertz CT molecular complexity index is 307. The predicted octanol–water partition coefficient (Wildman–Crippen LogP) is 3.37. The summed E-state index contributed by atoms with van der Waals surface area (Å²) >= 11 is 5.88. The van der Waals surface area contributed by atoms with Gasteiger partial charge in [0, 0.05) is 6.54 Å². The zero-order valence-electron chi connectivity index (χ0n) is 9.25. The molecule has 0 aromatic heterocycles. The number of hydrogen-bond donors (Lipinski definition) is 0. The van der Waals surface area contributed by atoms with Gasteiger partial charge in [0.15, 0.2) is 0 Å². The van der Waals surface area contributed by atoms with Gasteiger partial charge in [-0.1, -0.05) is 29.8 Å². The van der Waals surface area contributed by atoms with Gasteiger partial charge in [0.25, 0.3) is 0 Å². The third kappa shape index (κ3) is 2.73. The van der Waals surface area contributed by atoms with Crippen molar-refractivity contribution in [3.8, 4) is 0 Å². The van der Waals surface area contributed by atoms with E-state index < -0.39 is 0 Å². The molecule has 0 N–H and O–H groups in total.